The summed E-state index contributed by atoms with van der Waals surface area (Å²) in [6.45, 7) is 4.22. The van der Waals surface area contributed by atoms with Gasteiger partial charge < -0.3 is 5.73 Å². The van der Waals surface area contributed by atoms with E-state index in [-0.39, 0.29) is 6.04 Å². The average Bonchev–Trinajstić information content (AvgIpc) is 2.83. The predicted octanol–water partition coefficient (Wildman–Crippen LogP) is 2.40. The Hall–Kier alpha value is -1.13. The van der Waals surface area contributed by atoms with Gasteiger partial charge in [-0.25, -0.2) is 0 Å². The summed E-state index contributed by atoms with van der Waals surface area (Å²) in [5, 5.41) is 6.52. The Morgan fingerprint density at radius 1 is 1.50 bits per heavy atom. The molecule has 0 aromatic carbocycles. The van der Waals surface area contributed by atoms with Gasteiger partial charge in [0.1, 0.15) is 0 Å². The first kappa shape index (κ1) is 11.4. The third-order valence-corrected chi connectivity index (χ3v) is 3.70. The van der Waals surface area contributed by atoms with E-state index in [4.69, 9.17) is 5.73 Å². The van der Waals surface area contributed by atoms with E-state index in [0.717, 1.165) is 17.7 Å². The van der Waals surface area contributed by atoms with Crippen LogP contribution in [0.1, 0.15) is 34.7 Å². The second-order valence-corrected chi connectivity index (χ2v) is 5.09. The van der Waals surface area contributed by atoms with E-state index < -0.39 is 0 Å². The van der Waals surface area contributed by atoms with Gasteiger partial charge in [0.2, 0.25) is 0 Å². The van der Waals surface area contributed by atoms with Crippen LogP contribution in [0.2, 0.25) is 0 Å². The Labute approximate surface area is 99.9 Å². The van der Waals surface area contributed by atoms with E-state index in [0.29, 0.717) is 0 Å². The fourth-order valence-electron chi connectivity index (χ4n) is 1.97. The number of nitrogens with zero attached hydrogens (tertiary/aromatic N) is 2. The minimum absolute atomic E-state index is 0.0464. The van der Waals surface area contributed by atoms with E-state index in [1.807, 2.05) is 17.9 Å². The molecule has 2 aromatic rings. The van der Waals surface area contributed by atoms with Gasteiger partial charge in [-0.1, -0.05) is 6.92 Å². The first-order chi connectivity index (χ1) is 7.63. The van der Waals surface area contributed by atoms with Crippen LogP contribution in [0.4, 0.5) is 0 Å². The van der Waals surface area contributed by atoms with Crippen LogP contribution in [0.25, 0.3) is 0 Å². The molecule has 2 heterocycles. The molecule has 0 aliphatic heterocycles. The quantitative estimate of drug-likeness (QED) is 0.887. The van der Waals surface area contributed by atoms with E-state index in [1.54, 1.807) is 11.3 Å². The number of thiophene rings is 1. The molecule has 4 heteroatoms. The van der Waals surface area contributed by atoms with Gasteiger partial charge >= 0.3 is 0 Å². The van der Waals surface area contributed by atoms with Crippen molar-refractivity contribution in [1.29, 1.82) is 0 Å². The maximum atomic E-state index is 6.30. The fraction of sp³-hybridized carbons (Fsp3) is 0.417. The van der Waals surface area contributed by atoms with Gasteiger partial charge in [0.15, 0.2) is 0 Å². The molecule has 86 valence electrons. The number of nitrogens with two attached hydrogens (primary N) is 1. The highest BCUT2D eigenvalue weighted by molar-refractivity contribution is 7.10. The standard InChI is InChI=1S/C12H17N3S/c1-4-11-10(7-15(3)14-11)12(13)9-5-6-16-8(9)2/h5-7,12H,4,13H2,1-3H3. The lowest BCUT2D eigenvalue weighted by Crippen LogP contribution is -2.13. The summed E-state index contributed by atoms with van der Waals surface area (Å²) in [5.41, 5.74) is 9.76. The molecule has 16 heavy (non-hydrogen) atoms. The minimum atomic E-state index is -0.0464. The summed E-state index contributed by atoms with van der Waals surface area (Å²) >= 11 is 1.74. The van der Waals surface area contributed by atoms with Crippen molar-refractivity contribution in [3.63, 3.8) is 0 Å². The topological polar surface area (TPSA) is 43.8 Å². The largest absolute Gasteiger partial charge is 0.320 e. The van der Waals surface area contributed by atoms with Crippen molar-refractivity contribution in [1.82, 2.24) is 9.78 Å². The van der Waals surface area contributed by atoms with Gasteiger partial charge in [-0.3, -0.25) is 4.68 Å². The van der Waals surface area contributed by atoms with Crippen molar-refractivity contribution >= 4 is 11.3 Å². The fourth-order valence-corrected chi connectivity index (χ4v) is 2.72. The molecular weight excluding hydrogens is 218 g/mol. The van der Waals surface area contributed by atoms with Crippen LogP contribution in [0, 0.1) is 6.92 Å². The summed E-state index contributed by atoms with van der Waals surface area (Å²) in [6.07, 6.45) is 2.95. The molecule has 0 amide bonds. The number of aryl methyl sites for hydroxylation is 3. The lowest BCUT2D eigenvalue weighted by Gasteiger charge is -2.11. The highest BCUT2D eigenvalue weighted by Crippen LogP contribution is 2.27. The zero-order valence-corrected chi connectivity index (χ0v) is 10.7. The summed E-state index contributed by atoms with van der Waals surface area (Å²) in [7, 11) is 1.94. The molecule has 2 N–H and O–H groups in total. The van der Waals surface area contributed by atoms with Crippen molar-refractivity contribution in [2.45, 2.75) is 26.3 Å². The third kappa shape index (κ3) is 1.90. The van der Waals surface area contributed by atoms with Crippen LogP contribution >= 0.6 is 11.3 Å². The Balaban J connectivity index is 2.40. The average molecular weight is 235 g/mol. The summed E-state index contributed by atoms with van der Waals surface area (Å²) in [5.74, 6) is 0. The molecular formula is C12H17N3S. The third-order valence-electron chi connectivity index (χ3n) is 2.84. The van der Waals surface area contributed by atoms with Crippen LogP contribution < -0.4 is 5.73 Å². The van der Waals surface area contributed by atoms with Crippen LogP contribution in [0.15, 0.2) is 17.6 Å². The van der Waals surface area contributed by atoms with Crippen LogP contribution in [0.3, 0.4) is 0 Å². The SMILES string of the molecule is CCc1nn(C)cc1C(N)c1ccsc1C. The molecule has 0 radical (unpaired) electrons. The highest BCUT2D eigenvalue weighted by Gasteiger charge is 2.17. The van der Waals surface area contributed by atoms with Crippen molar-refractivity contribution < 1.29 is 0 Å². The molecule has 0 fully saturated rings. The molecule has 0 aliphatic carbocycles. The first-order valence-electron chi connectivity index (χ1n) is 5.45. The second-order valence-electron chi connectivity index (χ2n) is 3.97. The van der Waals surface area contributed by atoms with Gasteiger partial charge in [0, 0.05) is 23.7 Å². The number of hydrogen-bond acceptors (Lipinski definition) is 3. The van der Waals surface area contributed by atoms with E-state index in [9.17, 15) is 0 Å². The van der Waals surface area contributed by atoms with Crippen LogP contribution in [0.5, 0.6) is 0 Å². The predicted molar refractivity (Wildman–Crippen MR) is 67.7 cm³/mol. The molecule has 0 saturated carbocycles. The highest BCUT2D eigenvalue weighted by atomic mass is 32.1. The molecule has 1 unspecified atom stereocenters. The minimum Gasteiger partial charge on any atom is -0.320 e. The van der Waals surface area contributed by atoms with Crippen molar-refractivity contribution in [3.05, 3.63) is 39.3 Å². The number of rotatable bonds is 3. The van der Waals surface area contributed by atoms with Gasteiger partial charge in [-0.2, -0.15) is 5.10 Å². The van der Waals surface area contributed by atoms with E-state index in [1.165, 1.54) is 10.4 Å². The molecule has 0 aliphatic rings. The smallest absolute Gasteiger partial charge is 0.0672 e. The molecule has 0 bridgehead atoms. The second kappa shape index (κ2) is 4.39. The number of aromatic nitrogens is 2. The summed E-state index contributed by atoms with van der Waals surface area (Å²) in [6, 6.07) is 2.06. The maximum Gasteiger partial charge on any atom is 0.0672 e. The normalized spacial score (nSPS) is 13.0. The maximum absolute atomic E-state index is 6.30. The van der Waals surface area contributed by atoms with Crippen LogP contribution in [-0.4, -0.2) is 9.78 Å². The first-order valence-corrected chi connectivity index (χ1v) is 6.33. The zero-order valence-electron chi connectivity index (χ0n) is 9.90. The molecule has 0 spiro atoms. The Kier molecular flexibility index (Phi) is 3.12. The van der Waals surface area contributed by atoms with Crippen molar-refractivity contribution in [2.24, 2.45) is 12.8 Å². The lowest BCUT2D eigenvalue weighted by molar-refractivity contribution is 0.746. The van der Waals surface area contributed by atoms with E-state index in [2.05, 4.69) is 30.4 Å². The number of hydrogen-bond donors (Lipinski definition) is 1. The zero-order chi connectivity index (χ0) is 11.7. The summed E-state index contributed by atoms with van der Waals surface area (Å²) < 4.78 is 1.84. The Morgan fingerprint density at radius 3 is 2.81 bits per heavy atom. The lowest BCUT2D eigenvalue weighted by atomic mass is 10.0. The van der Waals surface area contributed by atoms with Gasteiger partial charge in [-0.05, 0) is 30.4 Å². The Morgan fingerprint density at radius 2 is 2.25 bits per heavy atom. The summed E-state index contributed by atoms with van der Waals surface area (Å²) in [4.78, 5) is 1.29. The molecule has 1 atom stereocenters. The molecule has 3 nitrogen and oxygen atoms in total. The van der Waals surface area contributed by atoms with Gasteiger partial charge in [-0.15, -0.1) is 11.3 Å². The van der Waals surface area contributed by atoms with Gasteiger partial charge in [0.05, 0.1) is 11.7 Å². The van der Waals surface area contributed by atoms with Crippen LogP contribution in [-0.2, 0) is 13.5 Å². The molecule has 2 aromatic heterocycles. The van der Waals surface area contributed by atoms with E-state index >= 15 is 0 Å². The van der Waals surface area contributed by atoms with Crippen molar-refractivity contribution in [2.75, 3.05) is 0 Å². The monoisotopic (exact) mass is 235 g/mol. The van der Waals surface area contributed by atoms with Crippen molar-refractivity contribution in [3.8, 4) is 0 Å². The van der Waals surface area contributed by atoms with Gasteiger partial charge in [0.25, 0.3) is 0 Å². The molecule has 0 saturated heterocycles. The Bertz CT molecular complexity index is 484. The molecule has 2 rings (SSSR count).